The molecule has 0 aliphatic carbocycles. The highest BCUT2D eigenvalue weighted by molar-refractivity contribution is 6.07. The second kappa shape index (κ2) is 28.5. The molecule has 0 spiro atoms. The largest absolute Gasteiger partial charge is 0.508 e. The predicted octanol–water partition coefficient (Wildman–Crippen LogP) is 13.6. The van der Waals surface area contributed by atoms with Crippen LogP contribution in [0.15, 0.2) is 188 Å². The maximum Gasteiger partial charge on any atom is 0.274 e. The van der Waals surface area contributed by atoms with Gasteiger partial charge in [-0.1, -0.05) is 84.9 Å². The van der Waals surface area contributed by atoms with E-state index < -0.39 is 4.92 Å². The number of hydrogen-bond acceptors (Lipinski definition) is 14. The van der Waals surface area contributed by atoms with Crippen molar-refractivity contribution in [3.63, 3.8) is 0 Å². The fourth-order valence-electron chi connectivity index (χ4n) is 13.1. The van der Waals surface area contributed by atoms with Gasteiger partial charge in [0, 0.05) is 198 Å². The van der Waals surface area contributed by atoms with Gasteiger partial charge in [-0.2, -0.15) is 0 Å². The van der Waals surface area contributed by atoms with Crippen LogP contribution in [0.25, 0.3) is 90.9 Å². The van der Waals surface area contributed by atoms with E-state index in [1.54, 1.807) is 12.4 Å². The topological polar surface area (TPSA) is 273 Å². The van der Waals surface area contributed by atoms with Crippen LogP contribution in [0.5, 0.6) is 5.75 Å². The van der Waals surface area contributed by atoms with E-state index in [2.05, 4.69) is 46.1 Å². The molecule has 0 radical (unpaired) electrons. The molecular formula is C77H68N14O7. The second-order valence-electron chi connectivity index (χ2n) is 24.4. The number of pyridine rings is 2. The van der Waals surface area contributed by atoms with Gasteiger partial charge in [0.2, 0.25) is 23.6 Å². The number of aromatic hydroxyl groups is 1. The number of phenolic OH excluding ortho intramolecular Hbond substituents is 1. The predicted molar refractivity (Wildman–Crippen MR) is 383 cm³/mol. The third-order valence-corrected chi connectivity index (χ3v) is 17.9. The highest BCUT2D eigenvalue weighted by atomic mass is 16.6. The zero-order chi connectivity index (χ0) is 67.1. The molecule has 4 aliphatic heterocycles. The Kier molecular flexibility index (Phi) is 18.4. The lowest BCUT2D eigenvalue weighted by molar-refractivity contribution is -0.385. The van der Waals surface area contributed by atoms with Gasteiger partial charge in [-0.15, -0.1) is 0 Å². The fourth-order valence-corrected chi connectivity index (χ4v) is 13.1. The van der Waals surface area contributed by atoms with Crippen LogP contribution in [0.3, 0.4) is 0 Å². The SMILES string of the molecule is O=C1CCN(CCN(Cc2ccccn2)Cc2cc(O)ccc2[N+](=O)[O-])CCC(=O)Nc2ccccc2-c2c3nc(c4c5ccc([nH]5)c(c5nc(c(c6ccc2[nH]6)-c2ccccc2N1)C=C5)-c1ccccc1NC(=O)CCN(Cc1ccccn1)CCC(=O)Nc1ccccc1-4)C=C3. The van der Waals surface area contributed by atoms with E-state index in [0.717, 1.165) is 11.4 Å². The van der Waals surface area contributed by atoms with Crippen LogP contribution in [0.2, 0.25) is 0 Å². The first kappa shape index (κ1) is 63.4. The average Bonchev–Trinajstić information content (AvgIpc) is 1.60. The molecule has 0 atom stereocenters. The first-order valence-electron chi connectivity index (χ1n) is 32.6. The summed E-state index contributed by atoms with van der Waals surface area (Å²) >= 11 is 0. The molecule has 5 aromatic heterocycles. The van der Waals surface area contributed by atoms with Crippen molar-refractivity contribution in [2.45, 2.75) is 45.3 Å². The molecule has 9 heterocycles. The molecule has 5 aromatic carbocycles. The number of phenols is 1. The van der Waals surface area contributed by atoms with Gasteiger partial charge in [-0.3, -0.25) is 49.1 Å². The number of amides is 4. The first-order chi connectivity index (χ1) is 47.9. The number of carbonyl (C=O) groups is 4. The second-order valence-corrected chi connectivity index (χ2v) is 24.4. The molecule has 488 valence electrons. The molecule has 10 aromatic rings. The Balaban J connectivity index is 0.948. The Hall–Kier alpha value is -12.0. The van der Waals surface area contributed by atoms with Crippen LogP contribution in [0.4, 0.5) is 28.4 Å². The van der Waals surface area contributed by atoms with Crippen molar-refractivity contribution in [1.29, 1.82) is 0 Å². The summed E-state index contributed by atoms with van der Waals surface area (Å²) in [6.45, 7) is 2.64. The normalized spacial score (nSPS) is 14.7. The Labute approximate surface area is 563 Å². The van der Waals surface area contributed by atoms with E-state index in [0.29, 0.717) is 157 Å². The number of hydrogen-bond donors (Lipinski definition) is 7. The molecule has 0 saturated carbocycles. The summed E-state index contributed by atoms with van der Waals surface area (Å²) < 4.78 is 0. The minimum absolute atomic E-state index is 0.0277. The summed E-state index contributed by atoms with van der Waals surface area (Å²) in [5.41, 5.74) is 14.1. The van der Waals surface area contributed by atoms with Crippen molar-refractivity contribution < 1.29 is 29.2 Å². The zero-order valence-electron chi connectivity index (χ0n) is 53.4. The molecule has 7 N–H and O–H groups in total. The number of benzene rings is 5. The minimum atomic E-state index is -0.466. The number of aromatic amines is 2. The van der Waals surface area contributed by atoms with Crippen molar-refractivity contribution in [3.8, 4) is 50.3 Å². The summed E-state index contributed by atoms with van der Waals surface area (Å²) in [7, 11) is 0. The maximum absolute atomic E-state index is 14.7. The monoisotopic (exact) mass is 1300 g/mol. The number of fused-ring (bicyclic) bond motifs is 16. The third kappa shape index (κ3) is 14.2. The molecule has 12 bridgehead atoms. The standard InChI is InChI=1S/C77H68N14O7/c92-52-23-32-69(91(97)98)49(45-52)46-90(48-51-14-10-12-38-79-51)44-43-88-39-33-70(93)84-57-19-5-1-15-53(57)74-61-24-25-62(80-61)75(54-16-2-6-20-58(54)85-71(94)34-40-88)64-27-29-66(82-64)77-56-18-4-8-22-60(56)87-73(96)36-42-89(47-50-13-9-11-37-78-50)41-35-72(95)86-59-21-7-3-17-55(59)76(65-28-26-63(74)81-65)67-30-31-68(77)83-67/h1-32,37-38,45,80,83,92H,33-36,39-44,46-48H2,(H,84,93)(H,85,94)(H,86,95)(H,87,96). The average molecular weight is 1300 g/mol. The van der Waals surface area contributed by atoms with Crippen LogP contribution < -0.4 is 21.3 Å². The van der Waals surface area contributed by atoms with Gasteiger partial charge in [0.1, 0.15) is 5.75 Å². The smallest absolute Gasteiger partial charge is 0.274 e. The van der Waals surface area contributed by atoms with Crippen molar-refractivity contribution >= 4 is 98.4 Å². The molecule has 4 aliphatic rings. The van der Waals surface area contributed by atoms with Gasteiger partial charge in [0.05, 0.1) is 39.1 Å². The number of nitro benzene ring substituents is 1. The Morgan fingerprint density at radius 1 is 0.449 bits per heavy atom. The fraction of sp³-hybridized carbons (Fsp3) is 0.169. The molecule has 4 amide bonds. The number of carbonyl (C=O) groups excluding carboxylic acids is 4. The van der Waals surface area contributed by atoms with Gasteiger partial charge in [-0.05, 0) is 109 Å². The van der Waals surface area contributed by atoms with Crippen molar-refractivity contribution in [2.24, 2.45) is 0 Å². The van der Waals surface area contributed by atoms with E-state index in [9.17, 15) is 34.4 Å². The van der Waals surface area contributed by atoms with Crippen LogP contribution in [0, 0.1) is 10.1 Å². The van der Waals surface area contributed by atoms with Gasteiger partial charge in [-0.25, -0.2) is 9.97 Å². The van der Waals surface area contributed by atoms with Crippen LogP contribution in [0.1, 0.15) is 65.4 Å². The zero-order valence-corrected chi connectivity index (χ0v) is 53.4. The maximum atomic E-state index is 14.7. The lowest BCUT2D eigenvalue weighted by Crippen LogP contribution is -2.38. The summed E-state index contributed by atoms with van der Waals surface area (Å²) in [6, 6.07) is 53.7. The van der Waals surface area contributed by atoms with Gasteiger partial charge >= 0.3 is 0 Å². The van der Waals surface area contributed by atoms with E-state index in [4.69, 9.17) is 9.97 Å². The molecular weight excluding hydrogens is 1230 g/mol. The van der Waals surface area contributed by atoms with E-state index >= 15 is 0 Å². The number of nitrogens with zero attached hydrogens (tertiary/aromatic N) is 8. The van der Waals surface area contributed by atoms with E-state index in [1.165, 1.54) is 18.2 Å². The van der Waals surface area contributed by atoms with Crippen molar-refractivity contribution in [3.05, 3.63) is 238 Å². The molecule has 98 heavy (non-hydrogen) atoms. The molecule has 14 rings (SSSR count). The van der Waals surface area contributed by atoms with Crippen LogP contribution in [-0.2, 0) is 38.8 Å². The van der Waals surface area contributed by atoms with Crippen LogP contribution in [-0.4, -0.2) is 118 Å². The highest BCUT2D eigenvalue weighted by Crippen LogP contribution is 2.43. The Morgan fingerprint density at radius 3 is 1.21 bits per heavy atom. The van der Waals surface area contributed by atoms with Gasteiger partial charge in [0.15, 0.2) is 0 Å². The number of nitro groups is 1. The van der Waals surface area contributed by atoms with E-state index in [-0.39, 0.29) is 80.4 Å². The molecule has 21 heteroatoms. The van der Waals surface area contributed by atoms with Gasteiger partial charge in [0.25, 0.3) is 5.69 Å². The lowest BCUT2D eigenvalue weighted by atomic mass is 10.0. The lowest BCUT2D eigenvalue weighted by Gasteiger charge is -2.28. The molecule has 21 nitrogen and oxygen atoms in total. The quantitative estimate of drug-likeness (QED) is 0.0496. The highest BCUT2D eigenvalue weighted by Gasteiger charge is 2.27. The number of para-hydroxylation sites is 4. The molecule has 0 saturated heterocycles. The number of aromatic nitrogens is 6. The van der Waals surface area contributed by atoms with Crippen molar-refractivity contribution in [2.75, 3.05) is 60.5 Å². The summed E-state index contributed by atoms with van der Waals surface area (Å²) in [4.78, 5) is 104. The third-order valence-electron chi connectivity index (χ3n) is 17.9. The summed E-state index contributed by atoms with van der Waals surface area (Å²) in [5.74, 6) is -1.13. The van der Waals surface area contributed by atoms with E-state index in [1.807, 2.05) is 192 Å². The minimum Gasteiger partial charge on any atom is -0.508 e. The number of rotatable bonds is 10. The number of H-pyrrole nitrogens is 2. The summed E-state index contributed by atoms with van der Waals surface area (Å²) in [5, 5.41) is 35.9. The Morgan fingerprint density at radius 2 is 0.827 bits per heavy atom. The first-order valence-corrected chi connectivity index (χ1v) is 32.6. The van der Waals surface area contributed by atoms with Crippen molar-refractivity contribution in [1.82, 2.24) is 44.6 Å². The van der Waals surface area contributed by atoms with Crippen LogP contribution >= 0.6 is 0 Å². The molecule has 0 unspecified atom stereocenters. The number of anilines is 4. The summed E-state index contributed by atoms with van der Waals surface area (Å²) in [6.07, 6.45) is 11.5. The number of nitrogens with one attached hydrogen (secondary N) is 6. The molecule has 0 fully saturated rings. The van der Waals surface area contributed by atoms with Gasteiger partial charge < -0.3 is 41.2 Å². The Bertz CT molecular complexity index is 4760.